The molecule has 1 aliphatic carbocycles. The quantitative estimate of drug-likeness (QED) is 0.259. The average Bonchev–Trinajstić information content (AvgIpc) is 3.23. The summed E-state index contributed by atoms with van der Waals surface area (Å²) in [7, 11) is 1.41. The van der Waals surface area contributed by atoms with Crippen molar-refractivity contribution < 1.29 is 58.6 Å². The van der Waals surface area contributed by atoms with Gasteiger partial charge in [0.05, 0.1) is 24.3 Å². The van der Waals surface area contributed by atoms with Gasteiger partial charge in [-0.1, -0.05) is 19.9 Å². The lowest BCUT2D eigenvalue weighted by atomic mass is 9.72. The lowest BCUT2D eigenvalue weighted by molar-refractivity contribution is -0.161. The molecular weight excluding hydrogens is 659 g/mol. The van der Waals surface area contributed by atoms with Gasteiger partial charge in [0.2, 0.25) is 5.91 Å². The maximum absolute atomic E-state index is 13.6. The van der Waals surface area contributed by atoms with E-state index in [-0.39, 0.29) is 24.6 Å². The fourth-order valence-electron chi connectivity index (χ4n) is 6.20. The van der Waals surface area contributed by atoms with Crippen LogP contribution in [0.15, 0.2) is 42.0 Å². The first-order valence-corrected chi connectivity index (χ1v) is 15.0. The number of cyclic esters (lactones) is 1. The van der Waals surface area contributed by atoms with Gasteiger partial charge in [0.15, 0.2) is 0 Å². The number of nitrogens with zero attached hydrogens (tertiary/aromatic N) is 2. The number of methoxy groups -OCH3 is 1. The van der Waals surface area contributed by atoms with E-state index in [1.54, 1.807) is 12.1 Å². The van der Waals surface area contributed by atoms with Crippen molar-refractivity contribution in [2.45, 2.75) is 84.2 Å². The standard InChI is InChI=1S/C33H35F9N2O4/c1-18-28(21-11-23(32(37,38)39)13-24(12-21)33(40,41)42)48-29(46)44(18)16-22-14-30(3,4)9-8-25(22)26-10-20(6-7-27(26)47-5)15-43(19(2)45)17-31(34,35)36/h6-7,10-13,18,28H,8-9,14-17H2,1-5H3/t18-,28-/m0/s1. The fourth-order valence-corrected chi connectivity index (χ4v) is 6.20. The van der Waals surface area contributed by atoms with E-state index in [4.69, 9.17) is 9.47 Å². The average molecular weight is 695 g/mol. The first kappa shape index (κ1) is 36.9. The number of allylic oxidation sites excluding steroid dienone is 1. The SMILES string of the molecule is COc1ccc(CN(CC(F)(F)F)C(C)=O)cc1C1=C(CN2C(=O)O[C@H](c3cc(C(F)(F)F)cc(C(F)(F)F)c3)[C@@H]2C)CC(C)(C)CC1. The third kappa shape index (κ3) is 8.56. The maximum atomic E-state index is 13.6. The summed E-state index contributed by atoms with van der Waals surface area (Å²) in [6, 6.07) is 4.84. The highest BCUT2D eigenvalue weighted by atomic mass is 19.4. The molecule has 0 radical (unpaired) electrons. The largest absolute Gasteiger partial charge is 0.496 e. The van der Waals surface area contributed by atoms with E-state index in [9.17, 15) is 49.1 Å². The van der Waals surface area contributed by atoms with Gasteiger partial charge in [-0.15, -0.1) is 0 Å². The van der Waals surface area contributed by atoms with E-state index in [0.29, 0.717) is 58.7 Å². The van der Waals surface area contributed by atoms with Crippen LogP contribution in [-0.4, -0.2) is 54.2 Å². The Morgan fingerprint density at radius 3 is 2.12 bits per heavy atom. The highest BCUT2D eigenvalue weighted by Gasteiger charge is 2.44. The van der Waals surface area contributed by atoms with Crippen LogP contribution in [0.5, 0.6) is 5.75 Å². The normalized spacial score (nSPS) is 20.2. The van der Waals surface area contributed by atoms with Crippen LogP contribution in [0.4, 0.5) is 44.3 Å². The van der Waals surface area contributed by atoms with Crippen LogP contribution in [0, 0.1) is 5.41 Å². The molecule has 2 amide bonds. The van der Waals surface area contributed by atoms with Crippen molar-refractivity contribution >= 4 is 17.6 Å². The zero-order valence-corrected chi connectivity index (χ0v) is 26.8. The lowest BCUT2D eigenvalue weighted by Crippen LogP contribution is -2.37. The molecule has 0 N–H and O–H groups in total. The van der Waals surface area contributed by atoms with Crippen LogP contribution in [0.2, 0.25) is 0 Å². The molecule has 6 nitrogen and oxygen atoms in total. The first-order valence-electron chi connectivity index (χ1n) is 15.0. The first-order chi connectivity index (χ1) is 22.0. The van der Waals surface area contributed by atoms with Crippen LogP contribution in [0.1, 0.15) is 80.9 Å². The van der Waals surface area contributed by atoms with E-state index in [2.05, 4.69) is 0 Å². The molecular formula is C33H35F9N2O4. The Morgan fingerprint density at radius 1 is 1.00 bits per heavy atom. The van der Waals surface area contributed by atoms with Crippen molar-refractivity contribution in [1.29, 1.82) is 0 Å². The maximum Gasteiger partial charge on any atom is 0.416 e. The van der Waals surface area contributed by atoms with Crippen molar-refractivity contribution in [3.63, 3.8) is 0 Å². The molecule has 1 saturated heterocycles. The number of benzene rings is 2. The summed E-state index contributed by atoms with van der Waals surface area (Å²) < 4.78 is 132. The summed E-state index contributed by atoms with van der Waals surface area (Å²) in [6.45, 7) is 4.63. The van der Waals surface area contributed by atoms with Gasteiger partial charge in [-0.25, -0.2) is 4.79 Å². The Morgan fingerprint density at radius 2 is 1.60 bits per heavy atom. The van der Waals surface area contributed by atoms with E-state index in [0.717, 1.165) is 12.5 Å². The number of carbonyl (C=O) groups excluding carboxylic acids is 2. The third-order valence-electron chi connectivity index (χ3n) is 8.64. The number of hydrogen-bond acceptors (Lipinski definition) is 4. The molecule has 4 rings (SSSR count). The fraction of sp³-hybridized carbons (Fsp3) is 0.515. The molecule has 2 aromatic carbocycles. The van der Waals surface area contributed by atoms with Crippen molar-refractivity contribution in [1.82, 2.24) is 9.80 Å². The van der Waals surface area contributed by atoms with Gasteiger partial charge >= 0.3 is 24.6 Å². The Hall–Kier alpha value is -3.91. The molecule has 2 aromatic rings. The summed E-state index contributed by atoms with van der Waals surface area (Å²) in [4.78, 5) is 27.1. The van der Waals surface area contributed by atoms with Gasteiger partial charge in [-0.3, -0.25) is 9.69 Å². The Kier molecular flexibility index (Phi) is 10.1. The summed E-state index contributed by atoms with van der Waals surface area (Å²) >= 11 is 0. The van der Waals surface area contributed by atoms with Gasteiger partial charge in [-0.2, -0.15) is 39.5 Å². The van der Waals surface area contributed by atoms with Crippen LogP contribution in [0.3, 0.4) is 0 Å². The molecule has 264 valence electrons. The highest BCUT2D eigenvalue weighted by Crippen LogP contribution is 2.47. The molecule has 48 heavy (non-hydrogen) atoms. The molecule has 15 heteroatoms. The summed E-state index contributed by atoms with van der Waals surface area (Å²) in [6.07, 6.45) is -15.6. The second-order valence-corrected chi connectivity index (χ2v) is 13.0. The number of carbonyl (C=O) groups is 2. The van der Waals surface area contributed by atoms with E-state index < -0.39 is 65.9 Å². The Bertz CT molecular complexity index is 1550. The molecule has 0 unspecified atom stereocenters. The number of halogens is 9. The topological polar surface area (TPSA) is 59.1 Å². The van der Waals surface area contributed by atoms with Crippen molar-refractivity contribution in [2.24, 2.45) is 5.41 Å². The summed E-state index contributed by atoms with van der Waals surface area (Å²) in [5.41, 5.74) is -1.43. The monoisotopic (exact) mass is 694 g/mol. The molecule has 2 aliphatic rings. The highest BCUT2D eigenvalue weighted by molar-refractivity contribution is 5.77. The molecule has 0 aromatic heterocycles. The molecule has 0 saturated carbocycles. The number of alkyl halides is 9. The van der Waals surface area contributed by atoms with Gasteiger partial charge in [0, 0.05) is 25.6 Å². The van der Waals surface area contributed by atoms with Gasteiger partial charge < -0.3 is 14.4 Å². The van der Waals surface area contributed by atoms with Crippen molar-refractivity contribution in [2.75, 3.05) is 20.2 Å². The van der Waals surface area contributed by atoms with E-state index >= 15 is 0 Å². The van der Waals surface area contributed by atoms with E-state index in [1.807, 2.05) is 13.8 Å². The van der Waals surface area contributed by atoms with Gasteiger partial charge in [0.25, 0.3) is 0 Å². The number of amides is 2. The summed E-state index contributed by atoms with van der Waals surface area (Å²) in [5, 5.41) is 0. The van der Waals surface area contributed by atoms with Crippen LogP contribution in [0.25, 0.3) is 5.57 Å². The molecule has 2 atom stereocenters. The van der Waals surface area contributed by atoms with Crippen LogP contribution >= 0.6 is 0 Å². The smallest absolute Gasteiger partial charge is 0.416 e. The zero-order chi connectivity index (χ0) is 36.0. The minimum absolute atomic E-state index is 0.00414. The van der Waals surface area contributed by atoms with Crippen LogP contribution < -0.4 is 4.74 Å². The molecule has 1 fully saturated rings. The molecule has 0 spiro atoms. The van der Waals surface area contributed by atoms with Crippen LogP contribution in [-0.2, 0) is 28.4 Å². The minimum atomic E-state index is -5.09. The third-order valence-corrected chi connectivity index (χ3v) is 8.64. The minimum Gasteiger partial charge on any atom is -0.496 e. The Balaban J connectivity index is 1.73. The predicted octanol–water partition coefficient (Wildman–Crippen LogP) is 9.19. The zero-order valence-electron chi connectivity index (χ0n) is 26.8. The van der Waals surface area contributed by atoms with Gasteiger partial charge in [0.1, 0.15) is 18.4 Å². The van der Waals surface area contributed by atoms with Crippen molar-refractivity contribution in [3.05, 3.63) is 69.8 Å². The number of rotatable bonds is 8. The number of ether oxygens (including phenoxy) is 2. The molecule has 0 bridgehead atoms. The second kappa shape index (κ2) is 13.2. The Labute approximate surface area is 271 Å². The van der Waals surface area contributed by atoms with E-state index in [1.165, 1.54) is 25.0 Å². The molecule has 1 heterocycles. The van der Waals surface area contributed by atoms with Crippen molar-refractivity contribution in [3.8, 4) is 5.75 Å². The lowest BCUT2D eigenvalue weighted by Gasteiger charge is -2.36. The second-order valence-electron chi connectivity index (χ2n) is 13.0. The summed E-state index contributed by atoms with van der Waals surface area (Å²) in [5.74, 6) is -0.391. The predicted molar refractivity (Wildman–Crippen MR) is 157 cm³/mol. The number of hydrogen-bond donors (Lipinski definition) is 0. The molecule has 1 aliphatic heterocycles. The van der Waals surface area contributed by atoms with Gasteiger partial charge in [-0.05, 0) is 84.2 Å².